The SMILES string of the molecule is Cc1ccc(CN=C(N)NCC(C)C)c(OCC2CCCO2)c1. The lowest BCUT2D eigenvalue weighted by Gasteiger charge is -2.15. The highest BCUT2D eigenvalue weighted by Gasteiger charge is 2.16. The van der Waals surface area contributed by atoms with Gasteiger partial charge in [-0.05, 0) is 37.3 Å². The first-order chi connectivity index (χ1) is 11.0. The Hall–Kier alpha value is -1.75. The molecule has 0 spiro atoms. The lowest BCUT2D eigenvalue weighted by molar-refractivity contribution is 0.0676. The summed E-state index contributed by atoms with van der Waals surface area (Å²) < 4.78 is 11.6. The summed E-state index contributed by atoms with van der Waals surface area (Å²) in [6, 6.07) is 6.18. The van der Waals surface area contributed by atoms with E-state index in [0.717, 1.165) is 37.3 Å². The molecule has 3 N–H and O–H groups in total. The summed E-state index contributed by atoms with van der Waals surface area (Å²) in [6.45, 7) is 9.11. The molecular formula is C18H29N3O2. The normalized spacial score (nSPS) is 18.4. The highest BCUT2D eigenvalue weighted by atomic mass is 16.5. The number of rotatable bonds is 7. The second-order valence-corrected chi connectivity index (χ2v) is 6.53. The van der Waals surface area contributed by atoms with Gasteiger partial charge in [-0.15, -0.1) is 0 Å². The summed E-state index contributed by atoms with van der Waals surface area (Å²) in [6.07, 6.45) is 2.41. The topological polar surface area (TPSA) is 68.9 Å². The Kier molecular flexibility index (Phi) is 6.71. The lowest BCUT2D eigenvalue weighted by atomic mass is 10.1. The first-order valence-corrected chi connectivity index (χ1v) is 8.42. The van der Waals surface area contributed by atoms with Gasteiger partial charge in [-0.1, -0.05) is 26.0 Å². The molecule has 1 aromatic rings. The number of aliphatic imine (C=N–C) groups is 1. The zero-order valence-corrected chi connectivity index (χ0v) is 14.5. The van der Waals surface area contributed by atoms with E-state index in [2.05, 4.69) is 49.3 Å². The molecule has 1 saturated heterocycles. The summed E-state index contributed by atoms with van der Waals surface area (Å²) in [5.74, 6) is 1.89. The van der Waals surface area contributed by atoms with Crippen LogP contribution in [0.5, 0.6) is 5.75 Å². The second-order valence-electron chi connectivity index (χ2n) is 6.53. The molecule has 0 aliphatic carbocycles. The van der Waals surface area contributed by atoms with Gasteiger partial charge in [0.15, 0.2) is 5.96 Å². The Morgan fingerprint density at radius 2 is 2.30 bits per heavy atom. The van der Waals surface area contributed by atoms with Crippen molar-refractivity contribution < 1.29 is 9.47 Å². The van der Waals surface area contributed by atoms with Crippen LogP contribution in [-0.4, -0.2) is 31.8 Å². The number of nitrogens with one attached hydrogen (secondary N) is 1. The Labute approximate surface area is 139 Å². The minimum absolute atomic E-state index is 0.213. The van der Waals surface area contributed by atoms with Gasteiger partial charge in [0.2, 0.25) is 0 Å². The third-order valence-electron chi connectivity index (χ3n) is 3.78. The Balaban J connectivity index is 1.95. The summed E-state index contributed by atoms with van der Waals surface area (Å²) >= 11 is 0. The Bertz CT molecular complexity index is 523. The minimum Gasteiger partial charge on any atom is -0.491 e. The van der Waals surface area contributed by atoms with Crippen molar-refractivity contribution in [1.82, 2.24) is 5.32 Å². The van der Waals surface area contributed by atoms with Crippen molar-refractivity contribution >= 4 is 5.96 Å². The van der Waals surface area contributed by atoms with Crippen molar-refractivity contribution in [3.63, 3.8) is 0 Å². The van der Waals surface area contributed by atoms with E-state index in [1.54, 1.807) is 0 Å². The van der Waals surface area contributed by atoms with Crippen molar-refractivity contribution in [1.29, 1.82) is 0 Å². The van der Waals surface area contributed by atoms with Crippen LogP contribution in [0.1, 0.15) is 37.8 Å². The first kappa shape index (κ1) is 17.6. The maximum absolute atomic E-state index is 5.98. The predicted molar refractivity (Wildman–Crippen MR) is 93.8 cm³/mol. The lowest BCUT2D eigenvalue weighted by Crippen LogP contribution is -2.34. The number of aryl methyl sites for hydroxylation is 1. The molecule has 1 heterocycles. The average Bonchev–Trinajstić information content (AvgIpc) is 3.03. The maximum atomic E-state index is 5.98. The summed E-state index contributed by atoms with van der Waals surface area (Å²) in [5, 5.41) is 3.13. The fraction of sp³-hybridized carbons (Fsp3) is 0.611. The summed E-state index contributed by atoms with van der Waals surface area (Å²) in [4.78, 5) is 4.41. The largest absolute Gasteiger partial charge is 0.491 e. The highest BCUT2D eigenvalue weighted by molar-refractivity contribution is 5.77. The molecule has 1 aliphatic rings. The van der Waals surface area contributed by atoms with E-state index >= 15 is 0 Å². The van der Waals surface area contributed by atoms with Crippen LogP contribution in [0.4, 0.5) is 0 Å². The number of guanidine groups is 1. The molecule has 1 aromatic carbocycles. The van der Waals surface area contributed by atoms with E-state index in [4.69, 9.17) is 15.2 Å². The molecule has 128 valence electrons. The molecule has 2 rings (SSSR count). The van der Waals surface area contributed by atoms with Crippen LogP contribution in [0.2, 0.25) is 0 Å². The molecule has 5 heteroatoms. The van der Waals surface area contributed by atoms with Crippen molar-refractivity contribution in [2.45, 2.75) is 46.3 Å². The van der Waals surface area contributed by atoms with Crippen LogP contribution in [0.3, 0.4) is 0 Å². The molecular weight excluding hydrogens is 290 g/mol. The number of hydrogen-bond acceptors (Lipinski definition) is 3. The quantitative estimate of drug-likeness (QED) is 0.599. The Morgan fingerprint density at radius 3 is 3.00 bits per heavy atom. The predicted octanol–water partition coefficient (Wildman–Crippen LogP) is 2.61. The van der Waals surface area contributed by atoms with Gasteiger partial charge in [-0.3, -0.25) is 0 Å². The van der Waals surface area contributed by atoms with Gasteiger partial charge in [0.25, 0.3) is 0 Å². The monoisotopic (exact) mass is 319 g/mol. The van der Waals surface area contributed by atoms with E-state index in [9.17, 15) is 0 Å². The summed E-state index contributed by atoms with van der Waals surface area (Å²) in [5.41, 5.74) is 8.12. The van der Waals surface area contributed by atoms with Crippen LogP contribution >= 0.6 is 0 Å². The van der Waals surface area contributed by atoms with E-state index in [0.29, 0.717) is 25.0 Å². The molecule has 0 amide bonds. The van der Waals surface area contributed by atoms with Crippen molar-refractivity contribution in [3.05, 3.63) is 29.3 Å². The maximum Gasteiger partial charge on any atom is 0.188 e. The number of hydrogen-bond donors (Lipinski definition) is 2. The van der Waals surface area contributed by atoms with Gasteiger partial charge in [0.1, 0.15) is 12.4 Å². The molecule has 0 bridgehead atoms. The third-order valence-corrected chi connectivity index (χ3v) is 3.78. The zero-order chi connectivity index (χ0) is 16.7. The van der Waals surface area contributed by atoms with Crippen LogP contribution in [0.15, 0.2) is 23.2 Å². The molecule has 0 aromatic heterocycles. The van der Waals surface area contributed by atoms with Gasteiger partial charge in [-0.25, -0.2) is 4.99 Å². The molecule has 0 saturated carbocycles. The van der Waals surface area contributed by atoms with Gasteiger partial charge in [0, 0.05) is 18.7 Å². The average molecular weight is 319 g/mol. The highest BCUT2D eigenvalue weighted by Crippen LogP contribution is 2.23. The van der Waals surface area contributed by atoms with E-state index in [1.165, 1.54) is 5.56 Å². The molecule has 1 unspecified atom stereocenters. The van der Waals surface area contributed by atoms with Crippen LogP contribution in [0, 0.1) is 12.8 Å². The Morgan fingerprint density at radius 1 is 1.48 bits per heavy atom. The summed E-state index contributed by atoms with van der Waals surface area (Å²) in [7, 11) is 0. The number of ether oxygens (including phenoxy) is 2. The molecule has 23 heavy (non-hydrogen) atoms. The first-order valence-electron chi connectivity index (χ1n) is 8.42. The number of benzene rings is 1. The van der Waals surface area contributed by atoms with Gasteiger partial charge >= 0.3 is 0 Å². The molecule has 0 radical (unpaired) electrons. The second kappa shape index (κ2) is 8.77. The van der Waals surface area contributed by atoms with Crippen molar-refractivity contribution in [2.24, 2.45) is 16.6 Å². The molecule has 1 aliphatic heterocycles. The van der Waals surface area contributed by atoms with Crippen LogP contribution in [0.25, 0.3) is 0 Å². The standard InChI is InChI=1S/C18H29N3O2/c1-13(2)10-20-18(19)21-11-15-7-6-14(3)9-17(15)23-12-16-5-4-8-22-16/h6-7,9,13,16H,4-5,8,10-12H2,1-3H3,(H3,19,20,21). The smallest absolute Gasteiger partial charge is 0.188 e. The zero-order valence-electron chi connectivity index (χ0n) is 14.5. The van der Waals surface area contributed by atoms with Crippen molar-refractivity contribution in [3.8, 4) is 5.75 Å². The number of nitrogens with two attached hydrogens (primary N) is 1. The van der Waals surface area contributed by atoms with Gasteiger partial charge in [-0.2, -0.15) is 0 Å². The fourth-order valence-electron chi connectivity index (χ4n) is 2.42. The molecule has 1 atom stereocenters. The minimum atomic E-state index is 0.213. The molecule has 5 nitrogen and oxygen atoms in total. The van der Waals surface area contributed by atoms with Gasteiger partial charge in [0.05, 0.1) is 12.6 Å². The van der Waals surface area contributed by atoms with Crippen molar-refractivity contribution in [2.75, 3.05) is 19.8 Å². The van der Waals surface area contributed by atoms with E-state index < -0.39 is 0 Å². The fourth-order valence-corrected chi connectivity index (χ4v) is 2.42. The van der Waals surface area contributed by atoms with E-state index in [-0.39, 0.29) is 6.10 Å². The van der Waals surface area contributed by atoms with Crippen LogP contribution < -0.4 is 15.8 Å². The number of nitrogens with zero attached hydrogens (tertiary/aromatic N) is 1. The van der Waals surface area contributed by atoms with Crippen LogP contribution in [-0.2, 0) is 11.3 Å². The molecule has 1 fully saturated rings. The third kappa shape index (κ3) is 6.10. The van der Waals surface area contributed by atoms with Gasteiger partial charge < -0.3 is 20.5 Å². The van der Waals surface area contributed by atoms with E-state index in [1.807, 2.05) is 0 Å².